The lowest BCUT2D eigenvalue weighted by atomic mass is 9.82. The molecule has 1 nitrogen and oxygen atoms in total. The van der Waals surface area contributed by atoms with Gasteiger partial charge in [0.2, 0.25) is 0 Å². The summed E-state index contributed by atoms with van der Waals surface area (Å²) >= 11 is 0. The van der Waals surface area contributed by atoms with E-state index in [9.17, 15) is 0 Å². The quantitative estimate of drug-likeness (QED) is 0.135. The number of hydrogen-bond acceptors (Lipinski definition) is 1. The standard InChI is InChI=1S/C46H39NSi/c1-46(2)42-14-10-9-13-40(42)41-24-21-37(29-43(41)46)47(36-11-7-6-8-12-36)38-27-33-17-15-31-25-35(30-19-22-39(23-20-30)48(3,4)5)26-32-16-18-34(28-38)45(33)44(31)32/h6-29H,1-5H3. The van der Waals surface area contributed by atoms with E-state index in [-0.39, 0.29) is 5.41 Å². The summed E-state index contributed by atoms with van der Waals surface area (Å²) in [6, 6.07) is 54.8. The first-order valence-corrected chi connectivity index (χ1v) is 20.6. The molecular formula is C46H39NSi. The zero-order chi connectivity index (χ0) is 32.8. The number of nitrogens with zero attached hydrogens (tertiary/aromatic N) is 1. The Morgan fingerprint density at radius 1 is 0.438 bits per heavy atom. The molecule has 2 heteroatoms. The van der Waals surface area contributed by atoms with E-state index in [4.69, 9.17) is 0 Å². The van der Waals surface area contributed by atoms with Crippen molar-refractivity contribution in [3.63, 3.8) is 0 Å². The predicted octanol–water partition coefficient (Wildman–Crippen LogP) is 12.6. The lowest BCUT2D eigenvalue weighted by molar-refractivity contribution is 0.660. The van der Waals surface area contributed by atoms with Crippen LogP contribution in [-0.2, 0) is 5.41 Å². The maximum absolute atomic E-state index is 2.43. The van der Waals surface area contributed by atoms with Gasteiger partial charge in [0.1, 0.15) is 0 Å². The van der Waals surface area contributed by atoms with Crippen molar-refractivity contribution in [3.8, 4) is 22.3 Å². The van der Waals surface area contributed by atoms with Gasteiger partial charge in [0.15, 0.2) is 0 Å². The Hall–Kier alpha value is -5.18. The molecule has 1 aliphatic rings. The molecule has 0 saturated heterocycles. The summed E-state index contributed by atoms with van der Waals surface area (Å²) < 4.78 is 0. The van der Waals surface area contributed by atoms with Gasteiger partial charge in [-0.2, -0.15) is 0 Å². The molecule has 0 saturated carbocycles. The molecule has 9 rings (SSSR count). The highest BCUT2D eigenvalue weighted by atomic mass is 28.3. The second kappa shape index (κ2) is 10.4. The summed E-state index contributed by atoms with van der Waals surface area (Å²) in [5.74, 6) is 0. The molecule has 0 amide bonds. The Balaban J connectivity index is 1.19. The molecular weight excluding hydrogens is 595 g/mol. The molecule has 0 unspecified atom stereocenters. The maximum atomic E-state index is 2.43. The SMILES string of the molecule is CC1(C)c2ccccc2-c2ccc(N(c3ccccc3)c3cc4ccc5cc(-c6ccc([Si](C)(C)C)cc6)cc6ccc(c3)c4c56)cc21. The second-order valence-electron chi connectivity index (χ2n) is 15.1. The molecule has 0 spiro atoms. The zero-order valence-corrected chi connectivity index (χ0v) is 29.3. The predicted molar refractivity (Wildman–Crippen MR) is 211 cm³/mol. The van der Waals surface area contributed by atoms with Crippen LogP contribution < -0.4 is 10.1 Å². The summed E-state index contributed by atoms with van der Waals surface area (Å²) in [4.78, 5) is 2.43. The van der Waals surface area contributed by atoms with Gasteiger partial charge in [-0.25, -0.2) is 0 Å². The van der Waals surface area contributed by atoms with Crippen LogP contribution in [0.5, 0.6) is 0 Å². The Kier molecular flexibility index (Phi) is 6.29. The molecule has 8 aromatic carbocycles. The number of anilines is 3. The van der Waals surface area contributed by atoms with Crippen molar-refractivity contribution in [1.29, 1.82) is 0 Å². The fourth-order valence-corrected chi connectivity index (χ4v) is 9.30. The minimum atomic E-state index is -1.34. The summed E-state index contributed by atoms with van der Waals surface area (Å²) in [6.07, 6.45) is 0. The van der Waals surface area contributed by atoms with E-state index in [1.165, 1.54) is 82.3 Å². The Labute approximate surface area is 284 Å². The van der Waals surface area contributed by atoms with E-state index in [0.717, 1.165) is 5.69 Å². The second-order valence-corrected chi connectivity index (χ2v) is 20.2. The lowest BCUT2D eigenvalue weighted by Gasteiger charge is -2.29. The van der Waals surface area contributed by atoms with Crippen molar-refractivity contribution < 1.29 is 0 Å². The Morgan fingerprint density at radius 3 is 1.62 bits per heavy atom. The number of para-hydroxylation sites is 1. The van der Waals surface area contributed by atoms with E-state index in [1.54, 1.807) is 0 Å². The number of fused-ring (bicyclic) bond motifs is 3. The first-order chi connectivity index (χ1) is 23.2. The van der Waals surface area contributed by atoms with Crippen LogP contribution in [0.1, 0.15) is 25.0 Å². The Bertz CT molecular complexity index is 2430. The first kappa shape index (κ1) is 29.0. The third kappa shape index (κ3) is 4.43. The monoisotopic (exact) mass is 633 g/mol. The van der Waals surface area contributed by atoms with Gasteiger partial charge in [-0.3, -0.25) is 0 Å². The number of benzene rings is 8. The maximum Gasteiger partial charge on any atom is 0.0775 e. The molecule has 0 N–H and O–H groups in total. The molecule has 0 bridgehead atoms. The highest BCUT2D eigenvalue weighted by molar-refractivity contribution is 6.88. The number of rotatable bonds is 5. The van der Waals surface area contributed by atoms with Crippen LogP contribution in [0.3, 0.4) is 0 Å². The molecule has 0 atom stereocenters. The summed E-state index contributed by atoms with van der Waals surface area (Å²) in [5.41, 5.74) is 11.5. The largest absolute Gasteiger partial charge is 0.310 e. The van der Waals surface area contributed by atoms with E-state index >= 15 is 0 Å². The van der Waals surface area contributed by atoms with Gasteiger partial charge in [0, 0.05) is 22.5 Å². The van der Waals surface area contributed by atoms with Crippen molar-refractivity contribution in [2.24, 2.45) is 0 Å². The molecule has 0 aliphatic heterocycles. The molecule has 1 aliphatic carbocycles. The number of hydrogen-bond donors (Lipinski definition) is 0. The minimum Gasteiger partial charge on any atom is -0.310 e. The first-order valence-electron chi connectivity index (χ1n) is 17.1. The van der Waals surface area contributed by atoms with E-state index < -0.39 is 8.07 Å². The van der Waals surface area contributed by atoms with Gasteiger partial charge >= 0.3 is 0 Å². The summed E-state index contributed by atoms with van der Waals surface area (Å²) in [5, 5.41) is 9.31. The van der Waals surface area contributed by atoms with Crippen LogP contribution in [0.15, 0.2) is 146 Å². The molecule has 8 aromatic rings. The van der Waals surface area contributed by atoms with Crippen LogP contribution in [0.2, 0.25) is 19.6 Å². The van der Waals surface area contributed by atoms with Crippen molar-refractivity contribution in [1.82, 2.24) is 0 Å². The molecule has 48 heavy (non-hydrogen) atoms. The van der Waals surface area contributed by atoms with E-state index in [1.807, 2.05) is 0 Å². The van der Waals surface area contributed by atoms with Gasteiger partial charge in [-0.15, -0.1) is 0 Å². The van der Waals surface area contributed by atoms with Crippen molar-refractivity contribution >= 4 is 62.6 Å². The van der Waals surface area contributed by atoms with Crippen LogP contribution in [-0.4, -0.2) is 8.07 Å². The van der Waals surface area contributed by atoms with E-state index in [2.05, 4.69) is 184 Å². The molecule has 0 heterocycles. The van der Waals surface area contributed by atoms with Gasteiger partial charge in [0.05, 0.1) is 8.07 Å². The van der Waals surface area contributed by atoms with Crippen LogP contribution >= 0.6 is 0 Å². The van der Waals surface area contributed by atoms with Crippen molar-refractivity contribution in [2.75, 3.05) is 4.90 Å². The van der Waals surface area contributed by atoms with Crippen molar-refractivity contribution in [3.05, 3.63) is 157 Å². The topological polar surface area (TPSA) is 3.24 Å². The van der Waals surface area contributed by atoms with Gasteiger partial charge in [-0.1, -0.05) is 136 Å². The third-order valence-electron chi connectivity index (χ3n) is 10.7. The molecule has 0 fully saturated rings. The molecule has 0 radical (unpaired) electrons. The lowest BCUT2D eigenvalue weighted by Crippen LogP contribution is -2.37. The normalized spacial score (nSPS) is 13.7. The van der Waals surface area contributed by atoms with Crippen LogP contribution in [0.25, 0.3) is 54.6 Å². The minimum absolute atomic E-state index is 0.0626. The summed E-state index contributed by atoms with van der Waals surface area (Å²) in [6.45, 7) is 11.9. The van der Waals surface area contributed by atoms with Gasteiger partial charge in [0.25, 0.3) is 0 Å². The molecule has 0 aromatic heterocycles. The average molecular weight is 634 g/mol. The van der Waals surface area contributed by atoms with E-state index in [0.29, 0.717) is 0 Å². The fourth-order valence-electron chi connectivity index (χ4n) is 8.14. The summed E-state index contributed by atoms with van der Waals surface area (Å²) in [7, 11) is -1.34. The van der Waals surface area contributed by atoms with Gasteiger partial charge < -0.3 is 4.90 Å². The molecule has 232 valence electrons. The van der Waals surface area contributed by atoms with Crippen LogP contribution in [0.4, 0.5) is 17.1 Å². The fraction of sp³-hybridized carbons (Fsp3) is 0.130. The Morgan fingerprint density at radius 2 is 1.00 bits per heavy atom. The smallest absolute Gasteiger partial charge is 0.0775 e. The third-order valence-corrected chi connectivity index (χ3v) is 12.8. The zero-order valence-electron chi connectivity index (χ0n) is 28.3. The van der Waals surface area contributed by atoms with Crippen molar-refractivity contribution in [2.45, 2.75) is 38.9 Å². The van der Waals surface area contributed by atoms with Gasteiger partial charge in [-0.05, 0) is 114 Å². The van der Waals surface area contributed by atoms with Crippen LogP contribution in [0, 0.1) is 0 Å². The highest BCUT2D eigenvalue weighted by Crippen LogP contribution is 2.51. The average Bonchev–Trinajstić information content (AvgIpc) is 3.33. The highest BCUT2D eigenvalue weighted by Gasteiger charge is 2.35.